The zero-order valence-electron chi connectivity index (χ0n) is 15.4. The quantitative estimate of drug-likeness (QED) is 0.472. The van der Waals surface area contributed by atoms with Crippen LogP contribution in [-0.4, -0.2) is 5.97 Å². The number of rotatable bonds is 5. The van der Waals surface area contributed by atoms with Crippen LogP contribution in [0.4, 0.5) is 4.39 Å². The highest BCUT2D eigenvalue weighted by molar-refractivity contribution is 5.75. The number of halogens is 1. The Morgan fingerprint density at radius 3 is 2.08 bits per heavy atom. The zero-order chi connectivity index (χ0) is 17.6. The fraction of sp³-hybridized carbons (Fsp3) is 0.682. The van der Waals surface area contributed by atoms with Gasteiger partial charge in [-0.1, -0.05) is 32.6 Å². The third-order valence-electron chi connectivity index (χ3n) is 6.39. The van der Waals surface area contributed by atoms with Crippen molar-refractivity contribution in [2.75, 3.05) is 0 Å². The average Bonchev–Trinajstić information content (AvgIpc) is 2.65. The number of hydrogen-bond acceptors (Lipinski definition) is 2. The molecule has 25 heavy (non-hydrogen) atoms. The van der Waals surface area contributed by atoms with Crippen molar-refractivity contribution in [3.05, 3.63) is 30.1 Å². The molecule has 2 nitrogen and oxygen atoms in total. The topological polar surface area (TPSA) is 26.3 Å². The number of carbonyl (C=O) groups is 1. The summed E-state index contributed by atoms with van der Waals surface area (Å²) in [6, 6.07) is 5.70. The molecule has 0 aliphatic heterocycles. The largest absolute Gasteiger partial charge is 0.426 e. The third-order valence-corrected chi connectivity index (χ3v) is 6.39. The van der Waals surface area contributed by atoms with E-state index in [0.29, 0.717) is 5.75 Å². The molecule has 0 radical (unpaired) electrons. The Labute approximate surface area is 151 Å². The van der Waals surface area contributed by atoms with Gasteiger partial charge in [0.05, 0.1) is 5.92 Å². The maximum absolute atomic E-state index is 12.9. The van der Waals surface area contributed by atoms with Crippen molar-refractivity contribution in [3.8, 4) is 5.75 Å². The van der Waals surface area contributed by atoms with Gasteiger partial charge in [0.1, 0.15) is 11.6 Å². The van der Waals surface area contributed by atoms with Gasteiger partial charge in [0.2, 0.25) is 0 Å². The van der Waals surface area contributed by atoms with Crippen molar-refractivity contribution in [1.82, 2.24) is 0 Å². The fourth-order valence-corrected chi connectivity index (χ4v) is 4.88. The lowest BCUT2D eigenvalue weighted by atomic mass is 9.69. The summed E-state index contributed by atoms with van der Waals surface area (Å²) >= 11 is 0. The number of carbonyl (C=O) groups excluding carboxylic acids is 1. The summed E-state index contributed by atoms with van der Waals surface area (Å²) in [5.41, 5.74) is 0. The van der Waals surface area contributed by atoms with Gasteiger partial charge < -0.3 is 4.74 Å². The molecule has 0 atom stereocenters. The second-order valence-electron chi connectivity index (χ2n) is 8.06. The molecule has 1 aromatic carbocycles. The van der Waals surface area contributed by atoms with Crippen molar-refractivity contribution < 1.29 is 13.9 Å². The van der Waals surface area contributed by atoms with Crippen LogP contribution in [0, 0.1) is 29.5 Å². The van der Waals surface area contributed by atoms with E-state index in [1.165, 1.54) is 62.8 Å². The molecule has 0 spiro atoms. The van der Waals surface area contributed by atoms with E-state index >= 15 is 0 Å². The van der Waals surface area contributed by atoms with E-state index in [1.807, 2.05) is 0 Å². The molecule has 2 aliphatic rings. The van der Waals surface area contributed by atoms with Crippen LogP contribution >= 0.6 is 0 Å². The Bertz CT molecular complexity index is 538. The highest BCUT2D eigenvalue weighted by Gasteiger charge is 2.33. The first-order chi connectivity index (χ1) is 12.2. The summed E-state index contributed by atoms with van der Waals surface area (Å²) < 4.78 is 18.4. The van der Waals surface area contributed by atoms with Crippen molar-refractivity contribution in [1.29, 1.82) is 0 Å². The van der Waals surface area contributed by atoms with Gasteiger partial charge in [-0.25, -0.2) is 4.39 Å². The molecular weight excluding hydrogens is 315 g/mol. The van der Waals surface area contributed by atoms with E-state index in [2.05, 4.69) is 6.92 Å². The molecule has 3 rings (SSSR count). The van der Waals surface area contributed by atoms with E-state index in [0.717, 1.165) is 43.4 Å². The van der Waals surface area contributed by atoms with E-state index in [-0.39, 0.29) is 17.7 Å². The van der Waals surface area contributed by atoms with Crippen molar-refractivity contribution in [2.45, 2.75) is 71.1 Å². The molecule has 0 bridgehead atoms. The first-order valence-corrected chi connectivity index (χ1v) is 10.1. The summed E-state index contributed by atoms with van der Waals surface area (Å²) in [6.45, 7) is 2.29. The number of esters is 1. The smallest absolute Gasteiger partial charge is 0.314 e. The lowest BCUT2D eigenvalue weighted by Crippen LogP contribution is -2.30. The molecule has 138 valence electrons. The van der Waals surface area contributed by atoms with Crippen LogP contribution in [0.1, 0.15) is 71.1 Å². The molecule has 2 saturated carbocycles. The van der Waals surface area contributed by atoms with Crippen LogP contribution in [0.2, 0.25) is 0 Å². The molecule has 2 aliphatic carbocycles. The third kappa shape index (κ3) is 5.05. The van der Waals surface area contributed by atoms with Crippen molar-refractivity contribution in [3.63, 3.8) is 0 Å². The normalized spacial score (nSPS) is 30.0. The molecule has 2 fully saturated rings. The minimum atomic E-state index is -0.311. The van der Waals surface area contributed by atoms with Crippen LogP contribution in [0.5, 0.6) is 5.75 Å². The number of benzene rings is 1. The predicted octanol–water partition coefficient (Wildman–Crippen LogP) is 6.14. The molecule has 0 heterocycles. The van der Waals surface area contributed by atoms with Gasteiger partial charge in [0, 0.05) is 0 Å². The van der Waals surface area contributed by atoms with Gasteiger partial charge in [0.25, 0.3) is 0 Å². The van der Waals surface area contributed by atoms with Crippen molar-refractivity contribution >= 4 is 5.97 Å². The molecule has 0 saturated heterocycles. The Balaban J connectivity index is 1.42. The molecular formula is C22H31FO2. The van der Waals surface area contributed by atoms with Gasteiger partial charge in [-0.2, -0.15) is 0 Å². The SMILES string of the molecule is CCC[C@H]1CC[C@H]([C@H]2CC[C@H](C(=O)Oc3ccc(F)cc3)CC2)CC1. The standard InChI is InChI=1S/C22H31FO2/c1-2-3-16-4-6-17(7-5-16)18-8-10-19(11-9-18)22(24)25-21-14-12-20(23)13-15-21/h12-19H,2-11H2,1H3/t16-,17-,18-,19-. The first-order valence-electron chi connectivity index (χ1n) is 10.1. The van der Waals surface area contributed by atoms with Gasteiger partial charge >= 0.3 is 5.97 Å². The highest BCUT2D eigenvalue weighted by Crippen LogP contribution is 2.42. The molecule has 1 aromatic rings. The molecule has 0 N–H and O–H groups in total. The first kappa shape index (κ1) is 18.4. The van der Waals surface area contributed by atoms with Crippen LogP contribution in [0.25, 0.3) is 0 Å². The predicted molar refractivity (Wildman–Crippen MR) is 97.8 cm³/mol. The lowest BCUT2D eigenvalue weighted by Gasteiger charge is -2.37. The Morgan fingerprint density at radius 2 is 1.52 bits per heavy atom. The second-order valence-corrected chi connectivity index (χ2v) is 8.06. The molecule has 0 aromatic heterocycles. The van der Waals surface area contributed by atoms with E-state index in [9.17, 15) is 9.18 Å². The molecule has 0 unspecified atom stereocenters. The minimum absolute atomic E-state index is 0.0118. The minimum Gasteiger partial charge on any atom is -0.426 e. The summed E-state index contributed by atoms with van der Waals surface area (Å²) in [6.07, 6.45) is 12.5. The van der Waals surface area contributed by atoms with Crippen LogP contribution in [0.15, 0.2) is 24.3 Å². The molecule has 0 amide bonds. The zero-order valence-corrected chi connectivity index (χ0v) is 15.4. The van der Waals surface area contributed by atoms with Gasteiger partial charge in [-0.3, -0.25) is 4.79 Å². The summed E-state index contributed by atoms with van der Waals surface area (Å²) in [5.74, 6) is 2.65. The number of ether oxygens (including phenoxy) is 1. The maximum Gasteiger partial charge on any atom is 0.314 e. The lowest BCUT2D eigenvalue weighted by molar-refractivity contribution is -0.140. The highest BCUT2D eigenvalue weighted by atomic mass is 19.1. The monoisotopic (exact) mass is 346 g/mol. The van der Waals surface area contributed by atoms with E-state index in [1.54, 1.807) is 0 Å². The maximum atomic E-state index is 12.9. The van der Waals surface area contributed by atoms with Gasteiger partial charge in [0.15, 0.2) is 0 Å². The van der Waals surface area contributed by atoms with Gasteiger partial charge in [-0.05, 0) is 80.5 Å². The summed E-state index contributed by atoms with van der Waals surface area (Å²) in [7, 11) is 0. The summed E-state index contributed by atoms with van der Waals surface area (Å²) in [5, 5.41) is 0. The molecule has 3 heteroatoms. The second kappa shape index (κ2) is 8.82. The van der Waals surface area contributed by atoms with Crippen LogP contribution in [0.3, 0.4) is 0 Å². The Hall–Kier alpha value is -1.38. The number of hydrogen-bond donors (Lipinski definition) is 0. The van der Waals surface area contributed by atoms with E-state index < -0.39 is 0 Å². The van der Waals surface area contributed by atoms with Crippen LogP contribution in [-0.2, 0) is 4.79 Å². The average molecular weight is 346 g/mol. The Morgan fingerprint density at radius 1 is 0.960 bits per heavy atom. The van der Waals surface area contributed by atoms with Crippen LogP contribution < -0.4 is 4.74 Å². The summed E-state index contributed by atoms with van der Waals surface area (Å²) in [4.78, 5) is 12.3. The van der Waals surface area contributed by atoms with Crippen molar-refractivity contribution in [2.24, 2.45) is 23.7 Å². The van der Waals surface area contributed by atoms with Gasteiger partial charge in [-0.15, -0.1) is 0 Å². The fourth-order valence-electron chi connectivity index (χ4n) is 4.88. The Kier molecular flexibility index (Phi) is 6.50. The van der Waals surface area contributed by atoms with E-state index in [4.69, 9.17) is 4.74 Å².